The highest BCUT2D eigenvalue weighted by Gasteiger charge is 2.17. The summed E-state index contributed by atoms with van der Waals surface area (Å²) in [6.07, 6.45) is 0. The Morgan fingerprint density at radius 3 is 2.40 bits per heavy atom. The first-order chi connectivity index (χ1) is 9.41. The van der Waals surface area contributed by atoms with Crippen LogP contribution < -0.4 is 11.1 Å². The molecule has 0 unspecified atom stereocenters. The number of anilines is 2. The van der Waals surface area contributed by atoms with E-state index in [1.165, 1.54) is 24.3 Å². The van der Waals surface area contributed by atoms with Gasteiger partial charge in [-0.25, -0.2) is 13.2 Å². The Kier molecular flexibility index (Phi) is 4.15. The van der Waals surface area contributed by atoms with Crippen LogP contribution in [0.25, 0.3) is 0 Å². The van der Waals surface area contributed by atoms with Crippen LogP contribution in [-0.2, 0) is 0 Å². The van der Waals surface area contributed by atoms with E-state index >= 15 is 0 Å². The molecule has 3 N–H and O–H groups in total. The van der Waals surface area contributed by atoms with E-state index in [4.69, 9.17) is 17.3 Å². The normalized spacial score (nSPS) is 10.4. The van der Waals surface area contributed by atoms with Gasteiger partial charge >= 0.3 is 0 Å². The fourth-order valence-corrected chi connectivity index (χ4v) is 1.96. The summed E-state index contributed by atoms with van der Waals surface area (Å²) in [7, 11) is 0. The van der Waals surface area contributed by atoms with Crippen molar-refractivity contribution in [3.05, 3.63) is 58.4 Å². The Labute approximate surface area is 123 Å². The van der Waals surface area contributed by atoms with E-state index < -0.39 is 17.5 Å². The van der Waals surface area contributed by atoms with Gasteiger partial charge in [0.15, 0.2) is 11.6 Å². The van der Waals surface area contributed by atoms with Gasteiger partial charge in [-0.2, -0.15) is 0 Å². The maximum Gasteiger partial charge on any atom is 0.182 e. The molecule has 0 aromatic heterocycles. The molecule has 2 aromatic rings. The van der Waals surface area contributed by atoms with Crippen LogP contribution in [0.5, 0.6) is 0 Å². The number of thiocarbonyl (C=S) groups is 1. The molecule has 0 spiro atoms. The smallest absolute Gasteiger partial charge is 0.182 e. The average Bonchev–Trinajstić information content (AvgIpc) is 2.38. The molecule has 0 saturated heterocycles. The van der Waals surface area contributed by atoms with Crippen molar-refractivity contribution in [2.75, 3.05) is 5.32 Å². The number of halogens is 4. The molecule has 0 aliphatic rings. The second-order valence-corrected chi connectivity index (χ2v) is 4.72. The molecule has 2 aromatic carbocycles. The quantitative estimate of drug-likeness (QED) is 0.836. The van der Waals surface area contributed by atoms with E-state index in [2.05, 4.69) is 17.5 Å². The predicted molar refractivity (Wildman–Crippen MR) is 76.9 cm³/mol. The Morgan fingerprint density at radius 2 is 1.80 bits per heavy atom. The van der Waals surface area contributed by atoms with E-state index in [-0.39, 0.29) is 26.9 Å². The van der Waals surface area contributed by atoms with Crippen LogP contribution in [0.15, 0.2) is 30.3 Å². The lowest BCUT2D eigenvalue weighted by molar-refractivity contribution is 0.510. The van der Waals surface area contributed by atoms with Gasteiger partial charge in [0.1, 0.15) is 10.8 Å². The zero-order chi connectivity index (χ0) is 14.9. The molecule has 2 nitrogen and oxygen atoms in total. The standard InChI is InChI=1S/C13H8ClF3N2S/c14-7-2-1-3-8(15)12(7)19-9-5-4-6(13(18)20)10(16)11(9)17/h1-5,19H,(H2,18,20). The van der Waals surface area contributed by atoms with Gasteiger partial charge in [0.05, 0.1) is 16.4 Å². The van der Waals surface area contributed by atoms with Crippen LogP contribution in [0.4, 0.5) is 24.5 Å². The summed E-state index contributed by atoms with van der Waals surface area (Å²) in [5.41, 5.74) is 4.63. The summed E-state index contributed by atoms with van der Waals surface area (Å²) in [6, 6.07) is 6.37. The molecule has 0 bridgehead atoms. The Morgan fingerprint density at radius 1 is 1.10 bits per heavy atom. The number of hydrogen-bond donors (Lipinski definition) is 2. The summed E-state index contributed by atoms with van der Waals surface area (Å²) in [6.45, 7) is 0. The second-order valence-electron chi connectivity index (χ2n) is 3.87. The Hall–Kier alpha value is -1.79. The maximum atomic E-state index is 13.9. The third kappa shape index (κ3) is 2.71. The van der Waals surface area contributed by atoms with Crippen molar-refractivity contribution in [3.63, 3.8) is 0 Å². The van der Waals surface area contributed by atoms with Crippen molar-refractivity contribution in [2.45, 2.75) is 0 Å². The van der Waals surface area contributed by atoms with Crippen LogP contribution in [0.2, 0.25) is 5.02 Å². The Bertz CT molecular complexity index is 671. The van der Waals surface area contributed by atoms with Crippen molar-refractivity contribution in [1.82, 2.24) is 0 Å². The summed E-state index contributed by atoms with van der Waals surface area (Å²) >= 11 is 10.4. The highest BCUT2D eigenvalue weighted by Crippen LogP contribution is 2.30. The van der Waals surface area contributed by atoms with Crippen LogP contribution in [0.1, 0.15) is 5.56 Å². The molecular weight excluding hydrogens is 309 g/mol. The number of nitrogens with one attached hydrogen (secondary N) is 1. The SMILES string of the molecule is NC(=S)c1ccc(Nc2c(F)cccc2Cl)c(F)c1F. The molecule has 0 fully saturated rings. The highest BCUT2D eigenvalue weighted by molar-refractivity contribution is 7.80. The first-order valence-electron chi connectivity index (χ1n) is 5.40. The van der Waals surface area contributed by atoms with Crippen molar-refractivity contribution in [2.24, 2.45) is 5.73 Å². The van der Waals surface area contributed by atoms with Crippen LogP contribution >= 0.6 is 23.8 Å². The third-order valence-electron chi connectivity index (χ3n) is 2.57. The minimum atomic E-state index is -1.21. The van der Waals surface area contributed by atoms with Gasteiger partial charge in [0, 0.05) is 5.56 Å². The molecule has 7 heteroatoms. The average molecular weight is 317 g/mol. The number of benzene rings is 2. The van der Waals surface area contributed by atoms with Gasteiger partial charge in [-0.1, -0.05) is 29.9 Å². The van der Waals surface area contributed by atoms with Crippen molar-refractivity contribution < 1.29 is 13.2 Å². The van der Waals surface area contributed by atoms with Gasteiger partial charge in [0.25, 0.3) is 0 Å². The number of hydrogen-bond acceptors (Lipinski definition) is 2. The van der Waals surface area contributed by atoms with E-state index in [0.29, 0.717) is 0 Å². The molecule has 0 saturated carbocycles. The lowest BCUT2D eigenvalue weighted by Gasteiger charge is -2.12. The van der Waals surface area contributed by atoms with Crippen molar-refractivity contribution >= 4 is 40.2 Å². The molecule has 0 heterocycles. The highest BCUT2D eigenvalue weighted by atomic mass is 35.5. The van der Waals surface area contributed by atoms with Crippen molar-refractivity contribution in [1.29, 1.82) is 0 Å². The van der Waals surface area contributed by atoms with Gasteiger partial charge < -0.3 is 11.1 Å². The largest absolute Gasteiger partial charge is 0.389 e. The monoisotopic (exact) mass is 316 g/mol. The number of nitrogens with two attached hydrogens (primary N) is 1. The molecule has 0 atom stereocenters. The zero-order valence-electron chi connectivity index (χ0n) is 9.88. The lowest BCUT2D eigenvalue weighted by atomic mass is 10.1. The van der Waals surface area contributed by atoms with Gasteiger partial charge in [-0.15, -0.1) is 0 Å². The van der Waals surface area contributed by atoms with Crippen molar-refractivity contribution in [3.8, 4) is 0 Å². The summed E-state index contributed by atoms with van der Waals surface area (Å²) in [5.74, 6) is -3.10. The minimum Gasteiger partial charge on any atom is -0.389 e. The first kappa shape index (κ1) is 14.6. The lowest BCUT2D eigenvalue weighted by Crippen LogP contribution is -2.13. The molecule has 20 heavy (non-hydrogen) atoms. The van der Waals surface area contributed by atoms with Crippen LogP contribution in [0.3, 0.4) is 0 Å². The molecule has 2 rings (SSSR count). The van der Waals surface area contributed by atoms with E-state index in [1.807, 2.05) is 0 Å². The van der Waals surface area contributed by atoms with E-state index in [0.717, 1.165) is 6.07 Å². The van der Waals surface area contributed by atoms with Gasteiger partial charge in [-0.3, -0.25) is 0 Å². The van der Waals surface area contributed by atoms with Gasteiger partial charge in [-0.05, 0) is 24.3 Å². The predicted octanol–water partition coefficient (Wildman–Crippen LogP) is 4.14. The molecule has 0 aliphatic carbocycles. The Balaban J connectivity index is 2.45. The van der Waals surface area contributed by atoms with E-state index in [9.17, 15) is 13.2 Å². The minimum absolute atomic E-state index is 0.0447. The van der Waals surface area contributed by atoms with Crippen LogP contribution in [0, 0.1) is 17.5 Å². The molecule has 0 radical (unpaired) electrons. The van der Waals surface area contributed by atoms with Gasteiger partial charge in [0.2, 0.25) is 0 Å². The van der Waals surface area contributed by atoms with E-state index in [1.54, 1.807) is 0 Å². The maximum absolute atomic E-state index is 13.9. The number of rotatable bonds is 3. The topological polar surface area (TPSA) is 38.0 Å². The molecule has 0 aliphatic heterocycles. The summed E-state index contributed by atoms with van der Waals surface area (Å²) < 4.78 is 41.1. The fourth-order valence-electron chi connectivity index (χ4n) is 1.59. The van der Waals surface area contributed by atoms with Crippen LogP contribution in [-0.4, -0.2) is 4.99 Å². The molecule has 104 valence electrons. The summed E-state index contributed by atoms with van der Waals surface area (Å²) in [5, 5.41) is 2.45. The second kappa shape index (κ2) is 5.68. The molecule has 0 amide bonds. The molecular formula is C13H8ClF3N2S. The fraction of sp³-hybridized carbons (Fsp3) is 0. The number of para-hydroxylation sites is 1. The zero-order valence-corrected chi connectivity index (χ0v) is 11.5. The summed E-state index contributed by atoms with van der Waals surface area (Å²) in [4.78, 5) is -0.267. The third-order valence-corrected chi connectivity index (χ3v) is 3.11. The first-order valence-corrected chi connectivity index (χ1v) is 6.19.